The lowest BCUT2D eigenvalue weighted by Gasteiger charge is -2.29. The van der Waals surface area contributed by atoms with Crippen molar-refractivity contribution in [1.29, 1.82) is 0 Å². The van der Waals surface area contributed by atoms with E-state index in [1.54, 1.807) is 7.11 Å². The van der Waals surface area contributed by atoms with Crippen molar-refractivity contribution < 1.29 is 14.3 Å². The Labute approximate surface area is 114 Å². The molecule has 1 rings (SSSR count). The SMILES string of the molecule is COCCNC(=O)CNC(=O)C1CCCCC1CN. The largest absolute Gasteiger partial charge is 0.383 e. The zero-order chi connectivity index (χ0) is 14.1. The summed E-state index contributed by atoms with van der Waals surface area (Å²) in [6, 6.07) is 0. The molecule has 0 spiro atoms. The second-order valence-corrected chi connectivity index (χ2v) is 4.95. The molecule has 0 aromatic heterocycles. The fourth-order valence-electron chi connectivity index (χ4n) is 2.49. The van der Waals surface area contributed by atoms with Gasteiger partial charge in [0.25, 0.3) is 0 Å². The molecule has 1 fully saturated rings. The van der Waals surface area contributed by atoms with Crippen LogP contribution < -0.4 is 16.4 Å². The Kier molecular flexibility index (Phi) is 7.43. The number of nitrogens with one attached hydrogen (secondary N) is 2. The highest BCUT2D eigenvalue weighted by atomic mass is 16.5. The van der Waals surface area contributed by atoms with Crippen LogP contribution in [0.5, 0.6) is 0 Å². The van der Waals surface area contributed by atoms with Gasteiger partial charge in [-0.25, -0.2) is 0 Å². The zero-order valence-electron chi connectivity index (χ0n) is 11.6. The van der Waals surface area contributed by atoms with E-state index in [1.165, 1.54) is 0 Å². The topological polar surface area (TPSA) is 93.5 Å². The number of rotatable bonds is 7. The van der Waals surface area contributed by atoms with Gasteiger partial charge in [0.05, 0.1) is 13.2 Å². The molecule has 2 atom stereocenters. The van der Waals surface area contributed by atoms with E-state index in [1.807, 2.05) is 0 Å². The third-order valence-corrected chi connectivity index (χ3v) is 3.60. The summed E-state index contributed by atoms with van der Waals surface area (Å²) < 4.78 is 4.83. The van der Waals surface area contributed by atoms with Crippen molar-refractivity contribution in [2.75, 3.05) is 33.4 Å². The van der Waals surface area contributed by atoms with Crippen LogP contribution in [0.3, 0.4) is 0 Å². The predicted octanol–water partition coefficient (Wildman–Crippen LogP) is -0.370. The van der Waals surface area contributed by atoms with Gasteiger partial charge >= 0.3 is 0 Å². The molecular weight excluding hydrogens is 246 g/mol. The van der Waals surface area contributed by atoms with Gasteiger partial charge in [0.2, 0.25) is 11.8 Å². The summed E-state index contributed by atoms with van der Waals surface area (Å²) in [7, 11) is 1.57. The molecular formula is C13H25N3O3. The molecule has 19 heavy (non-hydrogen) atoms. The highest BCUT2D eigenvalue weighted by Crippen LogP contribution is 2.29. The van der Waals surface area contributed by atoms with Crippen LogP contribution in [-0.4, -0.2) is 45.2 Å². The number of methoxy groups -OCH3 is 1. The molecule has 2 unspecified atom stereocenters. The van der Waals surface area contributed by atoms with Gasteiger partial charge in [-0.1, -0.05) is 12.8 Å². The van der Waals surface area contributed by atoms with Crippen molar-refractivity contribution in [2.24, 2.45) is 17.6 Å². The van der Waals surface area contributed by atoms with Gasteiger partial charge in [-0.15, -0.1) is 0 Å². The molecule has 0 heterocycles. The minimum Gasteiger partial charge on any atom is -0.383 e. The zero-order valence-corrected chi connectivity index (χ0v) is 11.6. The van der Waals surface area contributed by atoms with Crippen LogP contribution >= 0.6 is 0 Å². The Morgan fingerprint density at radius 2 is 2.00 bits per heavy atom. The van der Waals surface area contributed by atoms with Gasteiger partial charge in [0, 0.05) is 19.6 Å². The predicted molar refractivity (Wildman–Crippen MR) is 72.4 cm³/mol. The van der Waals surface area contributed by atoms with E-state index in [2.05, 4.69) is 10.6 Å². The molecule has 0 radical (unpaired) electrons. The minimum atomic E-state index is -0.189. The Morgan fingerprint density at radius 1 is 1.26 bits per heavy atom. The normalized spacial score (nSPS) is 22.8. The van der Waals surface area contributed by atoms with Crippen molar-refractivity contribution in [1.82, 2.24) is 10.6 Å². The van der Waals surface area contributed by atoms with Crippen molar-refractivity contribution in [2.45, 2.75) is 25.7 Å². The summed E-state index contributed by atoms with van der Waals surface area (Å²) in [6.45, 7) is 1.49. The van der Waals surface area contributed by atoms with Crippen molar-refractivity contribution in [3.8, 4) is 0 Å². The average molecular weight is 271 g/mol. The number of carbonyl (C=O) groups is 2. The molecule has 0 saturated heterocycles. The standard InChI is InChI=1S/C13H25N3O3/c1-19-7-6-15-12(17)9-16-13(18)11-5-3-2-4-10(11)8-14/h10-11H,2-9,14H2,1H3,(H,15,17)(H,16,18). The molecule has 0 aromatic rings. The number of amides is 2. The lowest BCUT2D eigenvalue weighted by molar-refractivity contribution is -0.130. The summed E-state index contributed by atoms with van der Waals surface area (Å²) in [6.07, 6.45) is 4.09. The van der Waals surface area contributed by atoms with Gasteiger partial charge in [-0.3, -0.25) is 9.59 Å². The third-order valence-electron chi connectivity index (χ3n) is 3.60. The van der Waals surface area contributed by atoms with E-state index < -0.39 is 0 Å². The lowest BCUT2D eigenvalue weighted by Crippen LogP contribution is -2.44. The van der Waals surface area contributed by atoms with E-state index in [0.717, 1.165) is 25.7 Å². The maximum atomic E-state index is 12.0. The first kappa shape index (κ1) is 15.9. The van der Waals surface area contributed by atoms with E-state index in [0.29, 0.717) is 19.7 Å². The molecule has 0 bridgehead atoms. The Morgan fingerprint density at radius 3 is 2.68 bits per heavy atom. The first-order valence-electron chi connectivity index (χ1n) is 6.92. The molecule has 1 saturated carbocycles. The van der Waals surface area contributed by atoms with Crippen LogP contribution in [0.1, 0.15) is 25.7 Å². The van der Waals surface area contributed by atoms with Crippen LogP contribution in [0, 0.1) is 11.8 Å². The second-order valence-electron chi connectivity index (χ2n) is 4.95. The minimum absolute atomic E-state index is 0.0241. The van der Waals surface area contributed by atoms with E-state index in [4.69, 9.17) is 10.5 Å². The molecule has 6 nitrogen and oxygen atoms in total. The summed E-state index contributed by atoms with van der Waals surface area (Å²) in [5, 5.41) is 5.36. The van der Waals surface area contributed by atoms with Crippen molar-refractivity contribution in [3.05, 3.63) is 0 Å². The van der Waals surface area contributed by atoms with Crippen LogP contribution in [0.15, 0.2) is 0 Å². The van der Waals surface area contributed by atoms with Crippen LogP contribution in [0.2, 0.25) is 0 Å². The summed E-state index contributed by atoms with van der Waals surface area (Å²) in [5.41, 5.74) is 5.70. The fourth-order valence-corrected chi connectivity index (χ4v) is 2.49. The van der Waals surface area contributed by atoms with Gasteiger partial charge in [-0.05, 0) is 25.3 Å². The molecule has 2 amide bonds. The lowest BCUT2D eigenvalue weighted by atomic mass is 9.79. The van der Waals surface area contributed by atoms with Gasteiger partial charge in [0.15, 0.2) is 0 Å². The maximum absolute atomic E-state index is 12.0. The van der Waals surface area contributed by atoms with Gasteiger partial charge in [-0.2, -0.15) is 0 Å². The first-order chi connectivity index (χ1) is 9.19. The van der Waals surface area contributed by atoms with Crippen molar-refractivity contribution in [3.63, 3.8) is 0 Å². The first-order valence-corrected chi connectivity index (χ1v) is 6.92. The van der Waals surface area contributed by atoms with Crippen LogP contribution in [0.25, 0.3) is 0 Å². The molecule has 4 N–H and O–H groups in total. The van der Waals surface area contributed by atoms with E-state index in [9.17, 15) is 9.59 Å². The number of hydrogen-bond donors (Lipinski definition) is 3. The number of nitrogens with two attached hydrogens (primary N) is 1. The van der Waals surface area contributed by atoms with E-state index >= 15 is 0 Å². The molecule has 6 heteroatoms. The molecule has 0 aliphatic heterocycles. The van der Waals surface area contributed by atoms with E-state index in [-0.39, 0.29) is 30.2 Å². The van der Waals surface area contributed by atoms with Crippen molar-refractivity contribution >= 4 is 11.8 Å². The third kappa shape index (κ3) is 5.57. The van der Waals surface area contributed by atoms with Gasteiger partial charge < -0.3 is 21.1 Å². The van der Waals surface area contributed by atoms with Crippen LogP contribution in [0.4, 0.5) is 0 Å². The Balaban J connectivity index is 2.27. The molecule has 1 aliphatic rings. The number of ether oxygens (including phenoxy) is 1. The molecule has 110 valence electrons. The second kappa shape index (κ2) is 8.87. The monoisotopic (exact) mass is 271 g/mol. The summed E-state index contributed by atoms with van der Waals surface area (Å²) in [4.78, 5) is 23.5. The summed E-state index contributed by atoms with van der Waals surface area (Å²) in [5.74, 6) is -0.0154. The number of carbonyl (C=O) groups excluding carboxylic acids is 2. The molecule has 1 aliphatic carbocycles. The maximum Gasteiger partial charge on any atom is 0.239 e. The quantitative estimate of drug-likeness (QED) is 0.551. The average Bonchev–Trinajstić information content (AvgIpc) is 2.45. The smallest absolute Gasteiger partial charge is 0.239 e. The number of hydrogen-bond acceptors (Lipinski definition) is 4. The Bertz CT molecular complexity index is 297. The summed E-state index contributed by atoms with van der Waals surface area (Å²) >= 11 is 0. The fraction of sp³-hybridized carbons (Fsp3) is 0.846. The van der Waals surface area contributed by atoms with Gasteiger partial charge in [0.1, 0.15) is 0 Å². The van der Waals surface area contributed by atoms with Crippen LogP contribution in [-0.2, 0) is 14.3 Å². The highest BCUT2D eigenvalue weighted by Gasteiger charge is 2.29. The highest BCUT2D eigenvalue weighted by molar-refractivity contribution is 5.85. The Hall–Kier alpha value is -1.14. The molecule has 0 aromatic carbocycles.